The third kappa shape index (κ3) is 10.7. The lowest BCUT2D eigenvalue weighted by molar-refractivity contribution is -0.141. The van der Waals surface area contributed by atoms with Crippen molar-refractivity contribution in [2.45, 2.75) is 121 Å². The van der Waals surface area contributed by atoms with Gasteiger partial charge < -0.3 is 44.2 Å². The van der Waals surface area contributed by atoms with E-state index in [4.69, 9.17) is 30.4 Å². The average Bonchev–Trinajstić information content (AvgIpc) is 2.12. The number of nitrogens with one attached hydrogen (secondary N) is 2. The summed E-state index contributed by atoms with van der Waals surface area (Å²) in [7, 11) is 0. The van der Waals surface area contributed by atoms with Crippen LogP contribution in [-0.2, 0) is 14.3 Å². The molecule has 0 aliphatic carbocycles. The van der Waals surface area contributed by atoms with Crippen LogP contribution in [0.25, 0.3) is 43.4 Å². The van der Waals surface area contributed by atoms with E-state index >= 15 is 8.78 Å². The molecule has 6 aliphatic rings. The van der Waals surface area contributed by atoms with Crippen LogP contribution >= 0.6 is 11.3 Å². The number of aromatic nitrogens is 5. The van der Waals surface area contributed by atoms with Crippen molar-refractivity contribution in [2.24, 2.45) is 5.92 Å². The molecule has 6 saturated heterocycles. The molecule has 6 aliphatic heterocycles. The van der Waals surface area contributed by atoms with Crippen molar-refractivity contribution in [1.29, 1.82) is 0 Å². The molecule has 7 atom stereocenters. The van der Waals surface area contributed by atoms with E-state index in [2.05, 4.69) is 58.5 Å². The Morgan fingerprint density at radius 3 is 2.47 bits per heavy atom. The first-order valence-electron chi connectivity index (χ1n) is 29.9. The van der Waals surface area contributed by atoms with Gasteiger partial charge in [0.2, 0.25) is 11.8 Å². The summed E-state index contributed by atoms with van der Waals surface area (Å²) < 4.78 is 51.0. The van der Waals surface area contributed by atoms with Crippen LogP contribution < -0.4 is 25.2 Å². The second kappa shape index (κ2) is 23.2. The van der Waals surface area contributed by atoms with E-state index < -0.39 is 23.6 Å². The van der Waals surface area contributed by atoms with E-state index in [0.717, 1.165) is 73.2 Å². The third-order valence-corrected chi connectivity index (χ3v) is 19.7. The maximum Gasteiger partial charge on any atom is 0.409 e. The number of pyridine rings is 1. The van der Waals surface area contributed by atoms with Gasteiger partial charge in [-0.05, 0) is 100 Å². The molecule has 2 bridgehead atoms. The van der Waals surface area contributed by atoms with E-state index in [1.807, 2.05) is 57.5 Å². The van der Waals surface area contributed by atoms with E-state index in [9.17, 15) is 14.4 Å². The number of ether oxygens (including phenoxy) is 2. The van der Waals surface area contributed by atoms with Gasteiger partial charge in [0.1, 0.15) is 48.0 Å². The number of hydrogen-bond donors (Lipinski definition) is 2. The molecule has 10 heterocycles. The number of anilines is 2. The molecule has 3 amide bonds. The van der Waals surface area contributed by atoms with E-state index in [-0.39, 0.29) is 89.5 Å². The second-order valence-electron chi connectivity index (χ2n) is 24.2. The molecule has 6 fully saturated rings. The van der Waals surface area contributed by atoms with Gasteiger partial charge in [-0.1, -0.05) is 73.5 Å². The van der Waals surface area contributed by atoms with Crippen molar-refractivity contribution in [3.8, 4) is 40.1 Å². The first-order chi connectivity index (χ1) is 41.2. The number of carbonyl (C=O) groups excluding carboxylic acids is 3. The van der Waals surface area contributed by atoms with Gasteiger partial charge in [-0.3, -0.25) is 19.5 Å². The Morgan fingerprint density at radius 2 is 1.72 bits per heavy atom. The number of carbonyl (C=O) groups is 3. The molecule has 0 saturated carbocycles. The molecular weight excluding hydrogens is 1100 g/mol. The number of benzene rings is 3. The monoisotopic (exact) mass is 1170 g/mol. The molecule has 85 heavy (non-hydrogen) atoms. The van der Waals surface area contributed by atoms with Crippen LogP contribution in [-0.4, -0.2) is 153 Å². The lowest BCUT2D eigenvalue weighted by Crippen LogP contribution is -2.51. The standard InChI is InChI=1S/C64H70F2N12O6S/c1-6-46-49(65)20-17-41-10-7-11-47(54(41)46)56-55(66)57-48(31-67-56)59(76-32-43-18-19-44(33-76)70-43)72-62(71-57)83-35-64-22-9-25-78(64)45(21-23-64)34-82-63(81)75-28-26-74(27-29-75)52-30-51(84-73-52)53(37(2)3)61(80)77-24-8-12-50(77)60(79)69-38(4)40-13-15-42(16-14-40)58-39(5)68-36-85-58/h1,7,10-11,13-17,20,30-31,36-38,43-45,50,53,70H,8-9,12,18-19,21-29,32-35H2,2-5H3,(H,69,79). The number of piperazine rings is 2. The maximum absolute atomic E-state index is 17.3. The topological polar surface area (TPSA) is 188 Å². The fourth-order valence-corrected chi connectivity index (χ4v) is 15.0. The summed E-state index contributed by atoms with van der Waals surface area (Å²) in [4.78, 5) is 72.0. The number of amides is 3. The number of nitrogens with zero attached hydrogens (tertiary/aromatic N) is 10. The quantitative estimate of drug-likeness (QED) is 0.0924. The minimum Gasteiger partial charge on any atom is -0.461 e. The zero-order valence-corrected chi connectivity index (χ0v) is 49.2. The number of aryl methyl sites for hydroxylation is 1. The Hall–Kier alpha value is -7.80. The van der Waals surface area contributed by atoms with Crippen molar-refractivity contribution in [1.82, 2.24) is 50.4 Å². The Balaban J connectivity index is 0.630. The molecule has 21 heteroatoms. The largest absolute Gasteiger partial charge is 0.461 e. The molecule has 0 radical (unpaired) electrons. The smallest absolute Gasteiger partial charge is 0.409 e. The Kier molecular flexibility index (Phi) is 15.4. The number of thiazole rings is 1. The molecule has 13 rings (SSSR count). The van der Waals surface area contributed by atoms with Gasteiger partial charge in [0, 0.05) is 87.2 Å². The molecule has 7 aromatic rings. The maximum atomic E-state index is 17.3. The highest BCUT2D eigenvalue weighted by atomic mass is 32.1. The van der Waals surface area contributed by atoms with E-state index in [1.54, 1.807) is 45.5 Å². The van der Waals surface area contributed by atoms with Crippen LogP contribution in [0.5, 0.6) is 6.01 Å². The Bertz CT molecular complexity index is 3720. The fraction of sp³-hybridized carbons (Fsp3) is 0.469. The minimum atomic E-state index is -0.674. The lowest BCUT2D eigenvalue weighted by atomic mass is 9.91. The first-order valence-corrected chi connectivity index (χ1v) is 30.8. The Labute approximate surface area is 496 Å². The molecule has 3 aromatic carbocycles. The van der Waals surface area contributed by atoms with Crippen LogP contribution in [0.1, 0.15) is 107 Å². The van der Waals surface area contributed by atoms with E-state index in [0.29, 0.717) is 91.4 Å². The third-order valence-electron chi connectivity index (χ3n) is 18.7. The van der Waals surface area contributed by atoms with Crippen LogP contribution in [0, 0.1) is 36.8 Å². The van der Waals surface area contributed by atoms with Crippen molar-refractivity contribution in [2.75, 3.05) is 75.4 Å². The summed E-state index contributed by atoms with van der Waals surface area (Å²) in [6.45, 7) is 12.9. The second-order valence-corrected chi connectivity index (χ2v) is 25.1. The molecular formula is C64H70F2N12O6S. The van der Waals surface area contributed by atoms with Crippen LogP contribution in [0.3, 0.4) is 0 Å². The zero-order chi connectivity index (χ0) is 58.7. The lowest BCUT2D eigenvalue weighted by Gasteiger charge is -2.36. The van der Waals surface area contributed by atoms with Gasteiger partial charge in [-0.2, -0.15) is 9.97 Å². The van der Waals surface area contributed by atoms with Gasteiger partial charge in [-0.25, -0.2) is 18.6 Å². The van der Waals surface area contributed by atoms with Gasteiger partial charge in [0.15, 0.2) is 17.4 Å². The Morgan fingerprint density at radius 1 is 0.918 bits per heavy atom. The number of hydrogen-bond acceptors (Lipinski definition) is 16. The summed E-state index contributed by atoms with van der Waals surface area (Å²) in [5, 5.41) is 12.8. The predicted octanol–water partition coefficient (Wildman–Crippen LogP) is 9.41. The number of halogens is 2. The van der Waals surface area contributed by atoms with Crippen LogP contribution in [0.15, 0.2) is 76.9 Å². The number of rotatable bonds is 15. The first kappa shape index (κ1) is 56.3. The van der Waals surface area contributed by atoms with E-state index in [1.165, 1.54) is 6.07 Å². The van der Waals surface area contributed by atoms with Gasteiger partial charge in [0.25, 0.3) is 0 Å². The van der Waals surface area contributed by atoms with Gasteiger partial charge >= 0.3 is 12.1 Å². The van der Waals surface area contributed by atoms with Crippen LogP contribution in [0.4, 0.5) is 25.2 Å². The summed E-state index contributed by atoms with van der Waals surface area (Å²) in [6.07, 6.45) is 13.8. The molecule has 2 N–H and O–H groups in total. The summed E-state index contributed by atoms with van der Waals surface area (Å²) in [5.41, 5.74) is 5.00. The highest BCUT2D eigenvalue weighted by Gasteiger charge is 2.51. The minimum absolute atomic E-state index is 0.00399. The number of terminal acetylenes is 1. The fourth-order valence-electron chi connectivity index (χ4n) is 14.2. The molecule has 7 unspecified atom stereocenters. The summed E-state index contributed by atoms with van der Waals surface area (Å²) in [6, 6.07) is 18.0. The molecule has 4 aromatic heterocycles. The van der Waals surface area contributed by atoms with Crippen LogP contribution in [0.2, 0.25) is 0 Å². The number of fused-ring (bicyclic) bond motifs is 5. The molecule has 442 valence electrons. The van der Waals surface area contributed by atoms with Gasteiger partial charge in [-0.15, -0.1) is 17.8 Å². The van der Waals surface area contributed by atoms with Crippen molar-refractivity contribution in [3.63, 3.8) is 0 Å². The predicted molar refractivity (Wildman–Crippen MR) is 320 cm³/mol. The highest BCUT2D eigenvalue weighted by Crippen LogP contribution is 2.44. The summed E-state index contributed by atoms with van der Waals surface area (Å²) >= 11 is 1.60. The molecule has 0 spiro atoms. The SMILES string of the molecule is C#Cc1c(F)ccc2cccc(-c3ncc4c(N5CC6CCC(C5)N6)nc(OCC56CCCN5C(COC(=O)N5CCN(c7cc(C(C(=O)N8CCCC8C(=O)NC(C)c8ccc(-c9scnc9C)cc8)C(C)C)on7)CC5)CC6)nc4c3F)c12. The normalized spacial score (nSPS) is 23.0. The van der Waals surface area contributed by atoms with Crippen molar-refractivity contribution < 1.29 is 37.2 Å². The number of likely N-dealkylation sites (tertiary alicyclic amines) is 1. The van der Waals surface area contributed by atoms with Crippen molar-refractivity contribution in [3.05, 3.63) is 107 Å². The van der Waals surface area contributed by atoms with Crippen molar-refractivity contribution >= 4 is 62.6 Å². The molecule has 18 nitrogen and oxygen atoms in total. The summed E-state index contributed by atoms with van der Waals surface area (Å²) in [5.74, 6) is 1.71. The zero-order valence-electron chi connectivity index (χ0n) is 48.4. The highest BCUT2D eigenvalue weighted by molar-refractivity contribution is 7.13. The average molecular weight is 1170 g/mol. The van der Waals surface area contributed by atoms with Gasteiger partial charge in [0.05, 0.1) is 38.6 Å².